The fourth-order valence-corrected chi connectivity index (χ4v) is 3.71. The molecule has 9 heteroatoms. The average molecular weight is 419 g/mol. The third-order valence-electron chi connectivity index (χ3n) is 5.54. The number of nitrogens with one attached hydrogen (secondary N) is 2. The van der Waals surface area contributed by atoms with E-state index in [9.17, 15) is 14.4 Å². The molecule has 31 heavy (non-hydrogen) atoms. The number of pyridine rings is 1. The van der Waals surface area contributed by atoms with Gasteiger partial charge in [-0.05, 0) is 48.4 Å². The zero-order chi connectivity index (χ0) is 22.2. The molecule has 2 aromatic carbocycles. The summed E-state index contributed by atoms with van der Waals surface area (Å²) in [6, 6.07) is 13.9. The van der Waals surface area contributed by atoms with Gasteiger partial charge in [0.1, 0.15) is 16.9 Å². The molecule has 1 aliphatic rings. The topological polar surface area (TPSA) is 149 Å². The minimum atomic E-state index is -1.30. The molecule has 0 radical (unpaired) electrons. The van der Waals surface area contributed by atoms with Crippen LogP contribution in [-0.2, 0) is 9.59 Å². The van der Waals surface area contributed by atoms with E-state index in [-0.39, 0.29) is 11.9 Å². The molecular formula is C22H21N5O4. The van der Waals surface area contributed by atoms with Gasteiger partial charge in [0.15, 0.2) is 0 Å². The van der Waals surface area contributed by atoms with E-state index in [4.69, 9.17) is 16.2 Å². The first-order valence-electron chi connectivity index (χ1n) is 9.60. The van der Waals surface area contributed by atoms with Gasteiger partial charge in [-0.2, -0.15) is 0 Å². The molecule has 0 bridgehead atoms. The van der Waals surface area contributed by atoms with Gasteiger partial charge < -0.3 is 26.8 Å². The highest BCUT2D eigenvalue weighted by Gasteiger charge is 2.64. The Hall–Kier alpha value is -4.14. The number of primary amides is 2. The van der Waals surface area contributed by atoms with Crippen LogP contribution in [0.15, 0.2) is 54.7 Å². The summed E-state index contributed by atoms with van der Waals surface area (Å²) in [7, 11) is 1.54. The normalized spacial score (nSPS) is 16.4. The number of nitrogens with zero attached hydrogens (tertiary/aromatic N) is 1. The van der Waals surface area contributed by atoms with Gasteiger partial charge in [0.25, 0.3) is 0 Å². The van der Waals surface area contributed by atoms with Crippen LogP contribution in [-0.4, -0.2) is 29.9 Å². The number of amides is 4. The second-order valence-corrected chi connectivity index (χ2v) is 7.37. The van der Waals surface area contributed by atoms with Crippen molar-refractivity contribution < 1.29 is 19.1 Å². The van der Waals surface area contributed by atoms with Crippen LogP contribution in [0, 0.1) is 5.41 Å². The summed E-state index contributed by atoms with van der Waals surface area (Å²) in [4.78, 5) is 39.2. The molecule has 1 aliphatic carbocycles. The molecule has 1 heterocycles. The number of hydrogen-bond donors (Lipinski definition) is 4. The maximum atomic E-state index is 11.7. The van der Waals surface area contributed by atoms with E-state index >= 15 is 0 Å². The van der Waals surface area contributed by atoms with Crippen LogP contribution in [0.25, 0.3) is 10.9 Å². The lowest BCUT2D eigenvalue weighted by molar-refractivity contribution is -0.133. The van der Waals surface area contributed by atoms with Gasteiger partial charge >= 0.3 is 6.03 Å². The summed E-state index contributed by atoms with van der Waals surface area (Å²) in [5.74, 6) is -0.533. The van der Waals surface area contributed by atoms with E-state index in [1.54, 1.807) is 48.7 Å². The molecule has 4 rings (SSSR count). The number of carbonyl (C=O) groups is 3. The van der Waals surface area contributed by atoms with Gasteiger partial charge in [-0.1, -0.05) is 12.1 Å². The van der Waals surface area contributed by atoms with Crippen LogP contribution < -0.4 is 26.8 Å². The van der Waals surface area contributed by atoms with Crippen LogP contribution in [0.5, 0.6) is 11.5 Å². The highest BCUT2D eigenvalue weighted by Crippen LogP contribution is 2.59. The van der Waals surface area contributed by atoms with Crippen molar-refractivity contribution in [3.05, 3.63) is 60.3 Å². The van der Waals surface area contributed by atoms with Crippen molar-refractivity contribution >= 4 is 34.4 Å². The summed E-state index contributed by atoms with van der Waals surface area (Å²) >= 11 is 0. The molecule has 1 unspecified atom stereocenters. The Bertz CT molecular complexity index is 1180. The molecule has 1 aromatic heterocycles. The van der Waals surface area contributed by atoms with E-state index in [1.165, 1.54) is 7.05 Å². The maximum Gasteiger partial charge on any atom is 0.318 e. The quantitative estimate of drug-likeness (QED) is 0.452. The third-order valence-corrected chi connectivity index (χ3v) is 5.54. The summed E-state index contributed by atoms with van der Waals surface area (Å²) in [5.41, 5.74) is 11.6. The molecule has 158 valence electrons. The molecular weight excluding hydrogens is 398 g/mol. The van der Waals surface area contributed by atoms with Crippen molar-refractivity contribution in [3.63, 3.8) is 0 Å². The van der Waals surface area contributed by atoms with Gasteiger partial charge in [0, 0.05) is 30.2 Å². The second kappa shape index (κ2) is 7.60. The first-order valence-corrected chi connectivity index (χ1v) is 9.60. The zero-order valence-corrected chi connectivity index (χ0v) is 16.7. The molecule has 3 aromatic rings. The second-order valence-electron chi connectivity index (χ2n) is 7.37. The zero-order valence-electron chi connectivity index (χ0n) is 16.7. The standard InChI is InChI=1S/C22H21N5O4/c1-25-21(30)27-13-4-7-15-17(10-13)26-9-8-18(15)31-14-5-2-12(3-6-14)16-11-22(16,19(23)28)20(24)29/h2-10,16H,11H2,1H3,(H2,23,28)(H2,24,29)(H2,25,27,30). The minimum Gasteiger partial charge on any atom is -0.457 e. The molecule has 9 nitrogen and oxygen atoms in total. The van der Waals surface area contributed by atoms with Gasteiger partial charge in [-0.3, -0.25) is 14.6 Å². The third kappa shape index (κ3) is 3.61. The van der Waals surface area contributed by atoms with Crippen LogP contribution >= 0.6 is 0 Å². The minimum absolute atomic E-state index is 0.315. The van der Waals surface area contributed by atoms with Gasteiger partial charge in [-0.15, -0.1) is 0 Å². The van der Waals surface area contributed by atoms with E-state index in [1.807, 2.05) is 6.07 Å². The highest BCUT2D eigenvalue weighted by atomic mass is 16.5. The van der Waals surface area contributed by atoms with Crippen molar-refractivity contribution in [2.24, 2.45) is 16.9 Å². The Kier molecular flexibility index (Phi) is 4.94. The summed E-state index contributed by atoms with van der Waals surface area (Å²) < 4.78 is 6.01. The fraction of sp³-hybridized carbons (Fsp3) is 0.182. The molecule has 1 atom stereocenters. The van der Waals surface area contributed by atoms with Crippen molar-refractivity contribution in [2.75, 3.05) is 12.4 Å². The first-order chi connectivity index (χ1) is 14.8. The monoisotopic (exact) mass is 419 g/mol. The average Bonchev–Trinajstić information content (AvgIpc) is 3.52. The lowest BCUT2D eigenvalue weighted by Gasteiger charge is -2.12. The Labute approximate surface area is 177 Å². The van der Waals surface area contributed by atoms with E-state index in [2.05, 4.69) is 15.6 Å². The molecule has 1 fully saturated rings. The number of benzene rings is 2. The Morgan fingerprint density at radius 3 is 2.39 bits per heavy atom. The number of nitrogens with two attached hydrogens (primary N) is 2. The van der Waals surface area contributed by atoms with Crippen LogP contribution in [0.4, 0.5) is 10.5 Å². The number of hydrogen-bond acceptors (Lipinski definition) is 5. The van der Waals surface area contributed by atoms with E-state index in [0.29, 0.717) is 29.1 Å². The Morgan fingerprint density at radius 1 is 1.06 bits per heavy atom. The summed E-state index contributed by atoms with van der Waals surface area (Å²) in [5, 5.41) is 5.97. The number of aromatic nitrogens is 1. The van der Waals surface area contributed by atoms with Gasteiger partial charge in [-0.25, -0.2) is 4.79 Å². The van der Waals surface area contributed by atoms with Crippen molar-refractivity contribution in [3.8, 4) is 11.5 Å². The fourth-order valence-electron chi connectivity index (χ4n) is 3.71. The van der Waals surface area contributed by atoms with Gasteiger partial charge in [0.05, 0.1) is 5.52 Å². The van der Waals surface area contributed by atoms with Crippen LogP contribution in [0.2, 0.25) is 0 Å². The lowest BCUT2D eigenvalue weighted by atomic mass is 9.97. The number of ether oxygens (including phenoxy) is 1. The molecule has 4 amide bonds. The lowest BCUT2D eigenvalue weighted by Crippen LogP contribution is -2.38. The molecule has 0 saturated heterocycles. The van der Waals surface area contributed by atoms with Crippen LogP contribution in [0.1, 0.15) is 17.9 Å². The predicted molar refractivity (Wildman–Crippen MR) is 115 cm³/mol. The number of anilines is 1. The smallest absolute Gasteiger partial charge is 0.318 e. The summed E-state index contributed by atoms with van der Waals surface area (Å²) in [6.07, 6.45) is 1.94. The predicted octanol–water partition coefficient (Wildman–Crippen LogP) is 2.22. The number of fused-ring (bicyclic) bond motifs is 1. The van der Waals surface area contributed by atoms with Crippen molar-refractivity contribution in [2.45, 2.75) is 12.3 Å². The molecule has 0 aliphatic heterocycles. The van der Waals surface area contributed by atoms with Crippen LogP contribution in [0.3, 0.4) is 0 Å². The molecule has 0 spiro atoms. The Balaban J connectivity index is 1.54. The van der Waals surface area contributed by atoms with E-state index < -0.39 is 17.2 Å². The first kappa shape index (κ1) is 20.1. The number of rotatable bonds is 6. The van der Waals surface area contributed by atoms with Crippen molar-refractivity contribution in [1.29, 1.82) is 0 Å². The maximum absolute atomic E-state index is 11.7. The largest absolute Gasteiger partial charge is 0.457 e. The number of carbonyl (C=O) groups excluding carboxylic acids is 3. The Morgan fingerprint density at radius 2 is 1.77 bits per heavy atom. The number of urea groups is 1. The highest BCUT2D eigenvalue weighted by molar-refractivity contribution is 6.08. The van der Waals surface area contributed by atoms with E-state index in [0.717, 1.165) is 10.9 Å². The molecule has 6 N–H and O–H groups in total. The molecule has 1 saturated carbocycles. The summed E-state index contributed by atoms with van der Waals surface area (Å²) in [6.45, 7) is 0. The SMILES string of the molecule is CNC(=O)Nc1ccc2c(Oc3ccc(C4CC4(C(N)=O)C(N)=O)cc3)ccnc2c1. The van der Waals surface area contributed by atoms with Crippen molar-refractivity contribution in [1.82, 2.24) is 10.3 Å². The van der Waals surface area contributed by atoms with Gasteiger partial charge in [0.2, 0.25) is 11.8 Å².